The molecule has 32 heavy (non-hydrogen) atoms. The third-order valence-corrected chi connectivity index (χ3v) is 5.78. The molecule has 0 aliphatic carbocycles. The van der Waals surface area contributed by atoms with Gasteiger partial charge in [0.1, 0.15) is 5.52 Å². The Morgan fingerprint density at radius 3 is 2.81 bits per heavy atom. The molecular formula is C24H20BrN3O4. The van der Waals surface area contributed by atoms with Crippen molar-refractivity contribution >= 4 is 44.6 Å². The zero-order valence-electron chi connectivity index (χ0n) is 17.4. The molecule has 1 atom stereocenters. The fraction of sp³-hybridized carbons (Fsp3) is 0.167. The number of nitrogens with zero attached hydrogens (tertiary/aromatic N) is 3. The Labute approximate surface area is 192 Å². The number of halogens is 1. The standard InChI is InChI=1S/C24H20BrN3O4/c1-3-14(2)15-7-8-22-20(11-15)27-24(32-22)16-5-4-6-19(10-16)26-13-17-9-18(25)12-21(23(17)29)28(30)31/h4-14,29H,3H2,1-2H3/t14-/m0/s1. The highest BCUT2D eigenvalue weighted by Crippen LogP contribution is 2.33. The van der Waals surface area contributed by atoms with Crippen molar-refractivity contribution in [3.8, 4) is 17.2 Å². The van der Waals surface area contributed by atoms with Gasteiger partial charge in [-0.2, -0.15) is 0 Å². The molecule has 1 N–H and O–H groups in total. The molecule has 0 unspecified atom stereocenters. The highest BCUT2D eigenvalue weighted by molar-refractivity contribution is 9.10. The Bertz CT molecular complexity index is 1350. The van der Waals surface area contributed by atoms with E-state index in [1.165, 1.54) is 17.8 Å². The molecule has 0 amide bonds. The molecule has 1 heterocycles. The number of aliphatic imine (C=N–C) groups is 1. The van der Waals surface area contributed by atoms with Gasteiger partial charge in [0, 0.05) is 27.9 Å². The van der Waals surface area contributed by atoms with E-state index in [0.29, 0.717) is 27.6 Å². The van der Waals surface area contributed by atoms with Gasteiger partial charge in [0.05, 0.1) is 10.6 Å². The van der Waals surface area contributed by atoms with Crippen LogP contribution in [0.3, 0.4) is 0 Å². The van der Waals surface area contributed by atoms with Crippen LogP contribution < -0.4 is 0 Å². The van der Waals surface area contributed by atoms with E-state index >= 15 is 0 Å². The van der Waals surface area contributed by atoms with E-state index in [0.717, 1.165) is 17.5 Å². The molecule has 0 bridgehead atoms. The average Bonchev–Trinajstić information content (AvgIpc) is 3.22. The summed E-state index contributed by atoms with van der Waals surface area (Å²) >= 11 is 3.22. The predicted molar refractivity (Wildman–Crippen MR) is 128 cm³/mol. The number of hydrogen-bond donors (Lipinski definition) is 1. The van der Waals surface area contributed by atoms with Crippen molar-refractivity contribution in [2.24, 2.45) is 4.99 Å². The molecule has 8 heteroatoms. The number of phenolic OH excluding ortho intramolecular Hbond substituents is 1. The third kappa shape index (κ3) is 4.40. The number of phenols is 1. The summed E-state index contributed by atoms with van der Waals surface area (Å²) in [5.41, 5.74) is 3.93. The lowest BCUT2D eigenvalue weighted by atomic mass is 9.98. The van der Waals surface area contributed by atoms with Crippen LogP contribution >= 0.6 is 15.9 Å². The third-order valence-electron chi connectivity index (χ3n) is 5.32. The number of aromatic nitrogens is 1. The second-order valence-corrected chi connectivity index (χ2v) is 8.40. The normalized spacial score (nSPS) is 12.5. The van der Waals surface area contributed by atoms with E-state index in [2.05, 4.69) is 51.9 Å². The zero-order valence-corrected chi connectivity index (χ0v) is 19.0. The van der Waals surface area contributed by atoms with E-state index in [1.807, 2.05) is 18.2 Å². The minimum atomic E-state index is -0.641. The second kappa shape index (κ2) is 8.92. The Hall–Kier alpha value is -3.52. The number of hydrogen-bond acceptors (Lipinski definition) is 6. The summed E-state index contributed by atoms with van der Waals surface area (Å²) in [6, 6.07) is 16.2. The molecule has 3 aromatic carbocycles. The van der Waals surface area contributed by atoms with Gasteiger partial charge in [0.25, 0.3) is 0 Å². The molecule has 1 aromatic heterocycles. The van der Waals surface area contributed by atoms with Gasteiger partial charge < -0.3 is 9.52 Å². The van der Waals surface area contributed by atoms with Crippen LogP contribution in [0.2, 0.25) is 0 Å². The Balaban J connectivity index is 1.65. The quantitative estimate of drug-likeness (QED) is 0.174. The molecule has 162 valence electrons. The summed E-state index contributed by atoms with van der Waals surface area (Å²) in [5, 5.41) is 21.3. The monoisotopic (exact) mass is 493 g/mol. The van der Waals surface area contributed by atoms with Crippen molar-refractivity contribution in [2.45, 2.75) is 26.2 Å². The molecule has 0 aliphatic rings. The van der Waals surface area contributed by atoms with Gasteiger partial charge in [-0.3, -0.25) is 15.1 Å². The fourth-order valence-electron chi connectivity index (χ4n) is 3.32. The molecule has 0 fully saturated rings. The van der Waals surface area contributed by atoms with Crippen LogP contribution in [0, 0.1) is 10.1 Å². The first-order chi connectivity index (χ1) is 15.4. The maximum absolute atomic E-state index is 11.1. The first-order valence-corrected chi connectivity index (χ1v) is 10.9. The van der Waals surface area contributed by atoms with Crippen LogP contribution in [-0.2, 0) is 0 Å². The number of nitro groups is 1. The van der Waals surface area contributed by atoms with Gasteiger partial charge in [0.15, 0.2) is 5.58 Å². The lowest BCUT2D eigenvalue weighted by Gasteiger charge is -2.07. The minimum Gasteiger partial charge on any atom is -0.502 e. The van der Waals surface area contributed by atoms with E-state index in [4.69, 9.17) is 4.42 Å². The van der Waals surface area contributed by atoms with Gasteiger partial charge in [-0.1, -0.05) is 41.9 Å². The van der Waals surface area contributed by atoms with Crippen LogP contribution in [0.5, 0.6) is 5.75 Å². The lowest BCUT2D eigenvalue weighted by molar-refractivity contribution is -0.385. The summed E-state index contributed by atoms with van der Waals surface area (Å²) in [7, 11) is 0. The first kappa shape index (κ1) is 21.7. The minimum absolute atomic E-state index is 0.232. The topological polar surface area (TPSA) is 102 Å². The van der Waals surface area contributed by atoms with Crippen molar-refractivity contribution in [3.05, 3.63) is 80.3 Å². The van der Waals surface area contributed by atoms with Crippen molar-refractivity contribution < 1.29 is 14.4 Å². The number of oxazole rings is 1. The molecular weight excluding hydrogens is 474 g/mol. The summed E-state index contributed by atoms with van der Waals surface area (Å²) in [4.78, 5) is 19.5. The number of benzene rings is 3. The molecule has 0 radical (unpaired) electrons. The zero-order chi connectivity index (χ0) is 22.8. The average molecular weight is 494 g/mol. The molecule has 0 saturated heterocycles. The van der Waals surface area contributed by atoms with E-state index in [1.54, 1.807) is 18.2 Å². The van der Waals surface area contributed by atoms with E-state index < -0.39 is 16.4 Å². The van der Waals surface area contributed by atoms with Crippen molar-refractivity contribution in [1.29, 1.82) is 0 Å². The molecule has 0 aliphatic heterocycles. The molecule has 0 spiro atoms. The van der Waals surface area contributed by atoms with Gasteiger partial charge in [-0.15, -0.1) is 0 Å². The summed E-state index contributed by atoms with van der Waals surface area (Å²) < 4.78 is 6.41. The van der Waals surface area contributed by atoms with Crippen LogP contribution in [0.15, 0.2) is 68.5 Å². The lowest BCUT2D eigenvalue weighted by Crippen LogP contribution is -1.92. The molecule has 4 rings (SSSR count). The van der Waals surface area contributed by atoms with Crippen LogP contribution in [0.25, 0.3) is 22.6 Å². The Morgan fingerprint density at radius 1 is 1.25 bits per heavy atom. The molecule has 7 nitrogen and oxygen atoms in total. The Kier molecular flexibility index (Phi) is 6.05. The fourth-order valence-corrected chi connectivity index (χ4v) is 3.78. The highest BCUT2D eigenvalue weighted by atomic mass is 79.9. The van der Waals surface area contributed by atoms with Crippen LogP contribution in [0.1, 0.15) is 37.3 Å². The largest absolute Gasteiger partial charge is 0.502 e. The smallest absolute Gasteiger partial charge is 0.312 e. The molecule has 0 saturated carbocycles. The van der Waals surface area contributed by atoms with Gasteiger partial charge in [-0.25, -0.2) is 4.98 Å². The van der Waals surface area contributed by atoms with Gasteiger partial charge in [-0.05, 0) is 54.3 Å². The SMILES string of the molecule is CC[C@H](C)c1ccc2oc(-c3cccc(N=Cc4cc(Br)cc([N+](=O)[O-])c4O)c3)nc2c1. The second-order valence-electron chi connectivity index (χ2n) is 7.48. The summed E-state index contributed by atoms with van der Waals surface area (Å²) in [6.07, 6.45) is 2.43. The van der Waals surface area contributed by atoms with Crippen LogP contribution in [-0.4, -0.2) is 21.2 Å². The maximum Gasteiger partial charge on any atom is 0.312 e. The number of nitro benzene ring substituents is 1. The number of aromatic hydroxyl groups is 1. The number of rotatable bonds is 6. The van der Waals surface area contributed by atoms with Crippen molar-refractivity contribution in [1.82, 2.24) is 4.98 Å². The van der Waals surface area contributed by atoms with Gasteiger partial charge >= 0.3 is 5.69 Å². The van der Waals surface area contributed by atoms with Crippen LogP contribution in [0.4, 0.5) is 11.4 Å². The first-order valence-electron chi connectivity index (χ1n) is 10.1. The van der Waals surface area contributed by atoms with E-state index in [-0.39, 0.29) is 5.56 Å². The van der Waals surface area contributed by atoms with Gasteiger partial charge in [0.2, 0.25) is 11.6 Å². The van der Waals surface area contributed by atoms with Crippen molar-refractivity contribution in [2.75, 3.05) is 0 Å². The predicted octanol–water partition coefficient (Wildman–Crippen LogP) is 7.14. The maximum atomic E-state index is 11.1. The summed E-state index contributed by atoms with van der Waals surface area (Å²) in [5.74, 6) is 0.496. The molecule has 4 aromatic rings. The van der Waals surface area contributed by atoms with Crippen molar-refractivity contribution in [3.63, 3.8) is 0 Å². The number of fused-ring (bicyclic) bond motifs is 1. The highest BCUT2D eigenvalue weighted by Gasteiger charge is 2.17. The Morgan fingerprint density at radius 2 is 2.06 bits per heavy atom. The van der Waals surface area contributed by atoms with E-state index in [9.17, 15) is 15.2 Å². The summed E-state index contributed by atoms with van der Waals surface area (Å²) in [6.45, 7) is 4.34.